The van der Waals surface area contributed by atoms with E-state index in [4.69, 9.17) is 0 Å². The molecule has 1 aliphatic heterocycles. The van der Waals surface area contributed by atoms with Gasteiger partial charge in [-0.05, 0) is 80.0 Å². The highest BCUT2D eigenvalue weighted by Gasteiger charge is 2.31. The maximum Gasteiger partial charge on any atom is 0.0405 e. The summed E-state index contributed by atoms with van der Waals surface area (Å²) in [4.78, 5) is 5.34. The molecule has 0 atom stereocenters. The minimum Gasteiger partial charge on any atom is -0.369 e. The van der Waals surface area contributed by atoms with Gasteiger partial charge in [-0.3, -0.25) is 4.90 Å². The molecule has 1 saturated heterocycles. The number of halogens is 1. The van der Waals surface area contributed by atoms with Crippen molar-refractivity contribution in [3.05, 3.63) is 29.3 Å². The Bertz CT molecular complexity index is 591. The van der Waals surface area contributed by atoms with E-state index in [0.29, 0.717) is 5.41 Å². The fourth-order valence-corrected chi connectivity index (χ4v) is 5.14. The molecule has 2 fully saturated rings. The Hall–Kier alpha value is -0.730. The van der Waals surface area contributed by atoms with Crippen molar-refractivity contribution in [2.24, 2.45) is 11.3 Å². The smallest absolute Gasteiger partial charge is 0.0405 e. The molecule has 1 aromatic rings. The number of piperazine rings is 1. The summed E-state index contributed by atoms with van der Waals surface area (Å²) in [7, 11) is 0. The third-order valence-electron chi connectivity index (χ3n) is 7.12. The zero-order chi connectivity index (χ0) is 19.4. The lowest BCUT2D eigenvalue weighted by molar-refractivity contribution is 0.169. The van der Waals surface area contributed by atoms with Crippen LogP contribution in [0.3, 0.4) is 0 Å². The van der Waals surface area contributed by atoms with Gasteiger partial charge in [0, 0.05) is 31.9 Å². The van der Waals surface area contributed by atoms with E-state index in [1.807, 2.05) is 0 Å². The number of hydrogen-bond acceptors (Lipinski definition) is 2. The quantitative estimate of drug-likeness (QED) is 0.539. The van der Waals surface area contributed by atoms with Crippen molar-refractivity contribution in [3.63, 3.8) is 0 Å². The molecule has 2 nitrogen and oxygen atoms in total. The van der Waals surface area contributed by atoms with Crippen LogP contribution in [0.5, 0.6) is 0 Å². The molecule has 0 spiro atoms. The average molecular weight is 407 g/mol. The zero-order valence-corrected chi connectivity index (χ0v) is 19.8. The average Bonchev–Trinajstić information content (AvgIpc) is 2.66. The van der Waals surface area contributed by atoms with Crippen molar-refractivity contribution in [2.75, 3.05) is 37.6 Å². The molecule has 160 valence electrons. The van der Waals surface area contributed by atoms with Crippen molar-refractivity contribution in [2.45, 2.75) is 79.1 Å². The number of nitrogens with zero attached hydrogens (tertiary/aromatic N) is 2. The third-order valence-corrected chi connectivity index (χ3v) is 7.12. The molecule has 0 radical (unpaired) electrons. The summed E-state index contributed by atoms with van der Waals surface area (Å²) < 4.78 is 0. The van der Waals surface area contributed by atoms with Crippen LogP contribution < -0.4 is 4.90 Å². The first-order valence-electron chi connectivity index (χ1n) is 11.5. The highest BCUT2D eigenvalue weighted by molar-refractivity contribution is 5.85. The number of unbranched alkanes of at least 4 members (excludes halogenated alkanes) is 1. The molecule has 1 aliphatic carbocycles. The van der Waals surface area contributed by atoms with Crippen LogP contribution >= 0.6 is 12.4 Å². The van der Waals surface area contributed by atoms with Crippen LogP contribution in [-0.2, 0) is 0 Å². The van der Waals surface area contributed by atoms with Gasteiger partial charge in [0.05, 0.1) is 0 Å². The fourth-order valence-electron chi connectivity index (χ4n) is 5.14. The number of rotatable bonds is 5. The number of benzene rings is 1. The van der Waals surface area contributed by atoms with E-state index in [0.717, 1.165) is 11.8 Å². The summed E-state index contributed by atoms with van der Waals surface area (Å²) in [5, 5.41) is 0. The first-order valence-corrected chi connectivity index (χ1v) is 11.5. The van der Waals surface area contributed by atoms with Gasteiger partial charge in [-0.15, -0.1) is 12.4 Å². The van der Waals surface area contributed by atoms with Gasteiger partial charge in [0.2, 0.25) is 0 Å². The minimum absolute atomic E-state index is 0. The standard InChI is InChI=1S/C25H42N2.ClH/c1-6-7-14-26-15-17-27(18-16-26)24-19-20(2)8-13-23(24)21-9-11-22(12-10-21)25(3,4)5;/h8,13,19,21-22H,6-7,9-12,14-18H2,1-5H3;1H. The van der Waals surface area contributed by atoms with E-state index in [-0.39, 0.29) is 12.4 Å². The molecule has 3 rings (SSSR count). The van der Waals surface area contributed by atoms with Crippen molar-refractivity contribution >= 4 is 18.1 Å². The number of anilines is 1. The molecule has 0 N–H and O–H groups in total. The Kier molecular flexibility index (Phi) is 8.70. The largest absolute Gasteiger partial charge is 0.369 e. The number of hydrogen-bond donors (Lipinski definition) is 0. The van der Waals surface area contributed by atoms with Gasteiger partial charge in [-0.2, -0.15) is 0 Å². The Morgan fingerprint density at radius 3 is 2.18 bits per heavy atom. The van der Waals surface area contributed by atoms with E-state index in [1.54, 1.807) is 11.3 Å². The van der Waals surface area contributed by atoms with Gasteiger partial charge in [0.25, 0.3) is 0 Å². The first-order chi connectivity index (χ1) is 12.9. The van der Waals surface area contributed by atoms with Gasteiger partial charge in [-0.25, -0.2) is 0 Å². The van der Waals surface area contributed by atoms with Crippen molar-refractivity contribution in [1.29, 1.82) is 0 Å². The van der Waals surface area contributed by atoms with E-state index < -0.39 is 0 Å². The van der Waals surface area contributed by atoms with Gasteiger partial charge in [0.1, 0.15) is 0 Å². The molecule has 28 heavy (non-hydrogen) atoms. The molecule has 0 bridgehead atoms. The zero-order valence-electron chi connectivity index (χ0n) is 19.0. The van der Waals surface area contributed by atoms with Gasteiger partial charge in [-0.1, -0.05) is 46.2 Å². The predicted molar refractivity (Wildman–Crippen MR) is 126 cm³/mol. The summed E-state index contributed by atoms with van der Waals surface area (Å²) in [6, 6.07) is 7.26. The second-order valence-corrected chi connectivity index (χ2v) is 10.2. The summed E-state index contributed by atoms with van der Waals surface area (Å²) >= 11 is 0. The second kappa shape index (κ2) is 10.3. The van der Waals surface area contributed by atoms with E-state index in [1.165, 1.54) is 76.8 Å². The second-order valence-electron chi connectivity index (χ2n) is 10.2. The minimum atomic E-state index is 0. The topological polar surface area (TPSA) is 6.48 Å². The predicted octanol–water partition coefficient (Wildman–Crippen LogP) is 6.66. The van der Waals surface area contributed by atoms with Crippen molar-refractivity contribution < 1.29 is 0 Å². The van der Waals surface area contributed by atoms with Crippen LogP contribution in [0.25, 0.3) is 0 Å². The van der Waals surface area contributed by atoms with E-state index in [9.17, 15) is 0 Å². The van der Waals surface area contributed by atoms with Crippen LogP contribution in [0.2, 0.25) is 0 Å². The normalized spacial score (nSPS) is 24.1. The Balaban J connectivity index is 0.00000280. The fraction of sp³-hybridized carbons (Fsp3) is 0.760. The molecular weight excluding hydrogens is 364 g/mol. The summed E-state index contributed by atoms with van der Waals surface area (Å²) in [5.41, 5.74) is 5.06. The molecule has 2 aliphatic rings. The van der Waals surface area contributed by atoms with Crippen molar-refractivity contribution in [3.8, 4) is 0 Å². The maximum absolute atomic E-state index is 2.68. The summed E-state index contributed by atoms with van der Waals surface area (Å²) in [6.07, 6.45) is 8.17. The lowest BCUT2D eigenvalue weighted by Gasteiger charge is -2.40. The van der Waals surface area contributed by atoms with Crippen LogP contribution in [0, 0.1) is 18.3 Å². The summed E-state index contributed by atoms with van der Waals surface area (Å²) in [6.45, 7) is 17.9. The monoisotopic (exact) mass is 406 g/mol. The van der Waals surface area contributed by atoms with Crippen molar-refractivity contribution in [1.82, 2.24) is 4.90 Å². The number of aryl methyl sites for hydroxylation is 1. The molecular formula is C25H43ClN2. The lowest BCUT2D eigenvalue weighted by Crippen LogP contribution is -2.47. The van der Waals surface area contributed by atoms with E-state index in [2.05, 4.69) is 62.6 Å². The summed E-state index contributed by atoms with van der Waals surface area (Å²) in [5.74, 6) is 1.65. The molecule has 0 amide bonds. The lowest BCUT2D eigenvalue weighted by atomic mass is 9.68. The van der Waals surface area contributed by atoms with Gasteiger partial charge >= 0.3 is 0 Å². The van der Waals surface area contributed by atoms with Crippen LogP contribution in [-0.4, -0.2) is 37.6 Å². The third kappa shape index (κ3) is 5.89. The highest BCUT2D eigenvalue weighted by atomic mass is 35.5. The SMILES string of the molecule is CCCCN1CCN(c2cc(C)ccc2C2CCC(C(C)(C)C)CC2)CC1.Cl. The molecule has 0 unspecified atom stereocenters. The molecule has 1 aromatic carbocycles. The molecule has 0 aromatic heterocycles. The molecule has 1 heterocycles. The molecule has 1 saturated carbocycles. The Morgan fingerprint density at radius 1 is 0.964 bits per heavy atom. The van der Waals surface area contributed by atoms with Gasteiger partial charge in [0.15, 0.2) is 0 Å². The highest BCUT2D eigenvalue weighted by Crippen LogP contribution is 2.45. The van der Waals surface area contributed by atoms with E-state index >= 15 is 0 Å². The van der Waals surface area contributed by atoms with Crippen LogP contribution in [0.15, 0.2) is 18.2 Å². The van der Waals surface area contributed by atoms with Gasteiger partial charge < -0.3 is 4.90 Å². The molecule has 3 heteroatoms. The Labute approximate surface area is 180 Å². The Morgan fingerprint density at radius 2 is 1.61 bits per heavy atom. The van der Waals surface area contributed by atoms with Crippen LogP contribution in [0.4, 0.5) is 5.69 Å². The van der Waals surface area contributed by atoms with Crippen LogP contribution in [0.1, 0.15) is 83.3 Å². The maximum atomic E-state index is 2.68. The first kappa shape index (κ1) is 23.5.